The normalized spacial score (nSPS) is 13.1. The van der Waals surface area contributed by atoms with Gasteiger partial charge in [-0.3, -0.25) is 0 Å². The highest BCUT2D eigenvalue weighted by Crippen LogP contribution is 2.33. The number of hydrogen-bond donors (Lipinski definition) is 0. The van der Waals surface area contributed by atoms with E-state index >= 15 is 0 Å². The van der Waals surface area contributed by atoms with E-state index in [1.807, 2.05) is 44.3 Å². The van der Waals surface area contributed by atoms with Crippen LogP contribution < -0.4 is 9.64 Å². The molecule has 0 unspecified atom stereocenters. The molecular weight excluding hydrogens is 350 g/mol. The number of rotatable bonds is 5. The van der Waals surface area contributed by atoms with Gasteiger partial charge in [-0.05, 0) is 31.4 Å². The number of benzene rings is 1. The molecule has 3 aromatic rings. The van der Waals surface area contributed by atoms with Gasteiger partial charge in [-0.1, -0.05) is 32.0 Å². The van der Waals surface area contributed by atoms with Gasteiger partial charge in [-0.2, -0.15) is 0 Å². The van der Waals surface area contributed by atoms with Gasteiger partial charge in [0.15, 0.2) is 0 Å². The fourth-order valence-corrected chi connectivity index (χ4v) is 3.43. The third-order valence-electron chi connectivity index (χ3n) is 4.91. The lowest BCUT2D eigenvalue weighted by molar-refractivity contribution is 0.453. The number of aromatic nitrogens is 4. The van der Waals surface area contributed by atoms with Gasteiger partial charge in [0.2, 0.25) is 5.88 Å². The molecular formula is C22H25N5O. The van der Waals surface area contributed by atoms with Gasteiger partial charge in [-0.25, -0.2) is 19.9 Å². The molecule has 6 nitrogen and oxygen atoms in total. The number of hydrogen-bond acceptors (Lipinski definition) is 6. The van der Waals surface area contributed by atoms with Gasteiger partial charge in [0.1, 0.15) is 23.7 Å². The minimum absolute atomic E-state index is 0.542. The second-order valence-corrected chi connectivity index (χ2v) is 7.71. The minimum Gasteiger partial charge on any atom is -0.438 e. The lowest BCUT2D eigenvalue weighted by Gasteiger charge is -2.19. The Labute approximate surface area is 165 Å². The molecule has 0 saturated heterocycles. The van der Waals surface area contributed by atoms with Crippen LogP contribution in [0.2, 0.25) is 0 Å². The summed E-state index contributed by atoms with van der Waals surface area (Å²) < 4.78 is 6.07. The molecule has 3 heterocycles. The Morgan fingerprint density at radius 1 is 1.07 bits per heavy atom. The Hall–Kier alpha value is -3.02. The van der Waals surface area contributed by atoms with E-state index in [2.05, 4.69) is 33.7 Å². The van der Waals surface area contributed by atoms with Crippen LogP contribution in [0.4, 0.5) is 5.82 Å². The van der Waals surface area contributed by atoms with Crippen LogP contribution in [0.15, 0.2) is 36.8 Å². The van der Waals surface area contributed by atoms with E-state index in [-0.39, 0.29) is 0 Å². The number of para-hydroxylation sites is 1. The van der Waals surface area contributed by atoms with Crippen LogP contribution in [0.1, 0.15) is 42.1 Å². The second kappa shape index (κ2) is 7.54. The molecule has 0 fully saturated rings. The van der Waals surface area contributed by atoms with Crippen LogP contribution in [0, 0.1) is 19.8 Å². The van der Waals surface area contributed by atoms with Gasteiger partial charge >= 0.3 is 0 Å². The van der Waals surface area contributed by atoms with Gasteiger partial charge in [0.05, 0.1) is 17.8 Å². The molecule has 1 aliphatic rings. The monoisotopic (exact) mass is 375 g/mol. The number of nitrogens with zero attached hydrogens (tertiary/aromatic N) is 5. The zero-order valence-electron chi connectivity index (χ0n) is 16.8. The topological polar surface area (TPSA) is 64.0 Å². The molecule has 0 N–H and O–H groups in total. The Kier molecular flexibility index (Phi) is 4.94. The fraction of sp³-hybridized carbons (Fsp3) is 0.364. The van der Waals surface area contributed by atoms with E-state index in [9.17, 15) is 0 Å². The lowest BCUT2D eigenvalue weighted by Crippen LogP contribution is -2.18. The first-order valence-corrected chi connectivity index (χ1v) is 9.65. The predicted molar refractivity (Wildman–Crippen MR) is 108 cm³/mol. The molecule has 0 amide bonds. The van der Waals surface area contributed by atoms with Crippen LogP contribution in [0.3, 0.4) is 0 Å². The van der Waals surface area contributed by atoms with Crippen molar-refractivity contribution in [2.24, 2.45) is 5.92 Å². The van der Waals surface area contributed by atoms with Crippen LogP contribution >= 0.6 is 0 Å². The van der Waals surface area contributed by atoms with E-state index in [1.165, 1.54) is 0 Å². The van der Waals surface area contributed by atoms with E-state index in [0.29, 0.717) is 11.8 Å². The zero-order valence-corrected chi connectivity index (χ0v) is 16.8. The fourth-order valence-electron chi connectivity index (χ4n) is 3.43. The molecule has 144 valence electrons. The van der Waals surface area contributed by atoms with E-state index in [0.717, 1.165) is 59.3 Å². The number of anilines is 1. The molecule has 0 bridgehead atoms. The zero-order chi connectivity index (χ0) is 19.7. The summed E-state index contributed by atoms with van der Waals surface area (Å²) in [7, 11) is 0. The van der Waals surface area contributed by atoms with Gasteiger partial charge in [-0.15, -0.1) is 0 Å². The first-order valence-electron chi connectivity index (χ1n) is 9.65. The molecule has 0 saturated carbocycles. The van der Waals surface area contributed by atoms with Crippen molar-refractivity contribution in [1.82, 2.24) is 19.9 Å². The minimum atomic E-state index is 0.542. The first kappa shape index (κ1) is 18.3. The Morgan fingerprint density at radius 2 is 1.89 bits per heavy atom. The molecule has 4 rings (SSSR count). The van der Waals surface area contributed by atoms with E-state index in [1.54, 1.807) is 6.33 Å². The highest BCUT2D eigenvalue weighted by Gasteiger charge is 2.25. The van der Waals surface area contributed by atoms with Crippen LogP contribution in [0.5, 0.6) is 11.6 Å². The quantitative estimate of drug-likeness (QED) is 0.659. The number of ether oxygens (including phenoxy) is 1. The lowest BCUT2D eigenvalue weighted by atomic mass is 10.1. The van der Waals surface area contributed by atoms with Crippen LogP contribution in [-0.4, -0.2) is 19.9 Å². The third kappa shape index (κ3) is 3.67. The summed E-state index contributed by atoms with van der Waals surface area (Å²) in [6.07, 6.45) is 4.42. The summed E-state index contributed by atoms with van der Waals surface area (Å²) >= 11 is 0. The van der Waals surface area contributed by atoms with Crippen molar-refractivity contribution >= 4 is 5.82 Å². The Morgan fingerprint density at radius 3 is 2.68 bits per heavy atom. The first-order chi connectivity index (χ1) is 13.5. The molecule has 0 aliphatic carbocycles. The molecule has 1 aromatic carbocycles. The molecule has 0 spiro atoms. The van der Waals surface area contributed by atoms with Crippen molar-refractivity contribution in [2.45, 2.75) is 47.2 Å². The maximum atomic E-state index is 6.07. The molecule has 1 aliphatic heterocycles. The van der Waals surface area contributed by atoms with E-state index < -0.39 is 0 Å². The van der Waals surface area contributed by atoms with Gasteiger partial charge in [0, 0.05) is 24.7 Å². The van der Waals surface area contributed by atoms with Gasteiger partial charge < -0.3 is 9.64 Å². The molecule has 2 aromatic heterocycles. The molecule has 0 atom stereocenters. The summed E-state index contributed by atoms with van der Waals surface area (Å²) in [6.45, 7) is 9.87. The van der Waals surface area contributed by atoms with Crippen molar-refractivity contribution in [1.29, 1.82) is 0 Å². The smallest absolute Gasteiger partial charge is 0.227 e. The van der Waals surface area contributed by atoms with Crippen molar-refractivity contribution in [3.8, 4) is 11.6 Å². The predicted octanol–water partition coefficient (Wildman–Crippen LogP) is 4.39. The highest BCUT2D eigenvalue weighted by atomic mass is 16.5. The van der Waals surface area contributed by atoms with Crippen molar-refractivity contribution < 1.29 is 4.74 Å². The second-order valence-electron chi connectivity index (χ2n) is 7.71. The highest BCUT2D eigenvalue weighted by molar-refractivity contribution is 5.54. The van der Waals surface area contributed by atoms with Crippen LogP contribution in [0.25, 0.3) is 0 Å². The molecule has 28 heavy (non-hydrogen) atoms. The molecule has 6 heteroatoms. The SMILES string of the molecule is Cc1ccccc1Oc1ncnc(N2Cc3cnc(CC(C)C)nc3C2)c1C. The largest absolute Gasteiger partial charge is 0.438 e. The number of aryl methyl sites for hydroxylation is 1. The average Bonchev–Trinajstić information content (AvgIpc) is 3.07. The van der Waals surface area contributed by atoms with E-state index in [4.69, 9.17) is 9.72 Å². The summed E-state index contributed by atoms with van der Waals surface area (Å²) in [6, 6.07) is 7.94. The van der Waals surface area contributed by atoms with Crippen LogP contribution in [-0.2, 0) is 19.5 Å². The standard InChI is InChI=1S/C22H25N5O/c1-14(2)9-20-23-10-17-11-27(12-18(17)26-20)21-16(4)22(25-13-24-21)28-19-8-6-5-7-15(19)3/h5-8,10,13-14H,9,11-12H2,1-4H3. The van der Waals surface area contributed by atoms with Crippen molar-refractivity contribution in [3.05, 3.63) is 65.0 Å². The average molecular weight is 375 g/mol. The maximum Gasteiger partial charge on any atom is 0.227 e. The maximum absolute atomic E-state index is 6.07. The third-order valence-corrected chi connectivity index (χ3v) is 4.91. The van der Waals surface area contributed by atoms with Crippen molar-refractivity contribution in [3.63, 3.8) is 0 Å². The summed E-state index contributed by atoms with van der Waals surface area (Å²) in [4.78, 5) is 20.4. The number of fused-ring (bicyclic) bond motifs is 1. The summed E-state index contributed by atoms with van der Waals surface area (Å²) in [5, 5.41) is 0. The Bertz CT molecular complexity index is 1000. The Balaban J connectivity index is 1.57. The summed E-state index contributed by atoms with van der Waals surface area (Å²) in [5.41, 5.74) is 4.24. The molecule has 0 radical (unpaired) electrons. The van der Waals surface area contributed by atoms with Crippen molar-refractivity contribution in [2.75, 3.05) is 4.90 Å². The summed E-state index contributed by atoms with van der Waals surface area (Å²) in [5.74, 6) is 3.73. The van der Waals surface area contributed by atoms with Gasteiger partial charge in [0.25, 0.3) is 0 Å².